The summed E-state index contributed by atoms with van der Waals surface area (Å²) in [6, 6.07) is 3.62. The maximum atomic E-state index is 5.70. The van der Waals surface area contributed by atoms with Gasteiger partial charge in [-0.15, -0.1) is 0 Å². The van der Waals surface area contributed by atoms with Gasteiger partial charge in [0.1, 0.15) is 10.9 Å². The Morgan fingerprint density at radius 1 is 1.41 bits per heavy atom. The number of nitrogens with two attached hydrogens (primary N) is 1. The molecule has 7 heteroatoms. The number of aromatic nitrogens is 3. The number of ether oxygens (including phenoxy) is 1. The van der Waals surface area contributed by atoms with Crippen LogP contribution in [0.2, 0.25) is 0 Å². The van der Waals surface area contributed by atoms with E-state index in [1.54, 1.807) is 13.2 Å². The second kappa shape index (κ2) is 5.33. The molecule has 0 radical (unpaired) electrons. The molecule has 0 saturated carbocycles. The first kappa shape index (κ1) is 12.1. The summed E-state index contributed by atoms with van der Waals surface area (Å²) in [7, 11) is 1.55. The van der Waals surface area contributed by atoms with Crippen molar-refractivity contribution in [2.45, 2.75) is 22.7 Å². The van der Waals surface area contributed by atoms with E-state index in [1.807, 2.05) is 13.0 Å². The number of nitrogen functional groups attached to an aromatic ring is 1. The average molecular weight is 268 g/mol. The molecule has 0 saturated heterocycles. The topological polar surface area (TPSA) is 73.9 Å². The molecule has 2 N–H and O–H groups in total. The summed E-state index contributed by atoms with van der Waals surface area (Å²) in [6.07, 6.45) is 0.843. The fraction of sp³-hybridized carbons (Fsp3) is 0.300. The zero-order chi connectivity index (χ0) is 12.3. The maximum absolute atomic E-state index is 5.70. The first-order chi connectivity index (χ1) is 8.22. The first-order valence-electron chi connectivity index (χ1n) is 5.04. The number of hydrogen-bond donors (Lipinski definition) is 1. The van der Waals surface area contributed by atoms with E-state index in [1.165, 1.54) is 23.3 Å². The molecule has 0 aliphatic heterocycles. The van der Waals surface area contributed by atoms with Gasteiger partial charge in [-0.2, -0.15) is 4.37 Å². The van der Waals surface area contributed by atoms with Crippen LogP contribution in [-0.2, 0) is 6.42 Å². The molecule has 5 nitrogen and oxygen atoms in total. The van der Waals surface area contributed by atoms with E-state index in [4.69, 9.17) is 10.5 Å². The van der Waals surface area contributed by atoms with E-state index in [2.05, 4.69) is 14.3 Å². The minimum Gasteiger partial charge on any atom is -0.480 e. The Hall–Kier alpha value is -1.34. The van der Waals surface area contributed by atoms with Gasteiger partial charge in [0.25, 0.3) is 0 Å². The molecule has 0 aromatic carbocycles. The minimum atomic E-state index is 0.440. The van der Waals surface area contributed by atoms with Crippen LogP contribution in [0.25, 0.3) is 0 Å². The third-order valence-electron chi connectivity index (χ3n) is 2.02. The highest BCUT2D eigenvalue weighted by Gasteiger charge is 2.08. The predicted molar refractivity (Wildman–Crippen MR) is 68.6 cm³/mol. The summed E-state index contributed by atoms with van der Waals surface area (Å²) in [6.45, 7) is 2.03. The zero-order valence-electron chi connectivity index (χ0n) is 9.51. The first-order valence-corrected chi connectivity index (χ1v) is 6.63. The SMILES string of the molecule is CCc1nsc(Sc2ccc(N)c(OC)n2)n1. The van der Waals surface area contributed by atoms with Gasteiger partial charge in [0, 0.05) is 6.42 Å². The fourth-order valence-corrected chi connectivity index (χ4v) is 2.78. The van der Waals surface area contributed by atoms with Gasteiger partial charge in [0.2, 0.25) is 5.88 Å². The summed E-state index contributed by atoms with van der Waals surface area (Å²) in [4.78, 5) is 8.64. The second-order valence-corrected chi connectivity index (χ2v) is 5.20. The fourth-order valence-electron chi connectivity index (χ4n) is 1.17. The summed E-state index contributed by atoms with van der Waals surface area (Å²) >= 11 is 2.84. The molecule has 2 rings (SSSR count). The zero-order valence-corrected chi connectivity index (χ0v) is 11.1. The van der Waals surface area contributed by atoms with Crippen molar-refractivity contribution in [2.75, 3.05) is 12.8 Å². The molecule has 0 spiro atoms. The monoisotopic (exact) mass is 268 g/mol. The lowest BCUT2D eigenvalue weighted by atomic mass is 10.4. The van der Waals surface area contributed by atoms with Crippen LogP contribution in [0.5, 0.6) is 5.88 Å². The van der Waals surface area contributed by atoms with Crippen molar-refractivity contribution in [3.05, 3.63) is 18.0 Å². The van der Waals surface area contributed by atoms with E-state index < -0.39 is 0 Å². The Labute approximate surface area is 108 Å². The molecule has 90 valence electrons. The summed E-state index contributed by atoms with van der Waals surface area (Å²) in [5.74, 6) is 1.30. The number of aryl methyl sites for hydroxylation is 1. The van der Waals surface area contributed by atoms with Crippen LogP contribution < -0.4 is 10.5 Å². The van der Waals surface area contributed by atoms with E-state index in [0.717, 1.165) is 21.6 Å². The molecule has 0 amide bonds. The van der Waals surface area contributed by atoms with Gasteiger partial charge in [-0.25, -0.2) is 9.97 Å². The van der Waals surface area contributed by atoms with Gasteiger partial charge >= 0.3 is 0 Å². The van der Waals surface area contributed by atoms with Crippen LogP contribution in [0.4, 0.5) is 5.69 Å². The predicted octanol–water partition coefficient (Wildman–Crippen LogP) is 2.24. The molecule has 2 aromatic rings. The van der Waals surface area contributed by atoms with E-state index in [9.17, 15) is 0 Å². The molecule has 0 aliphatic carbocycles. The molecular formula is C10H12N4OS2. The standard InChI is InChI=1S/C10H12N4OS2/c1-3-7-12-10(17-14-7)16-8-5-4-6(11)9(13-8)15-2/h4-5H,3,11H2,1-2H3. The second-order valence-electron chi connectivity index (χ2n) is 3.18. The van der Waals surface area contributed by atoms with Crippen LogP contribution in [0, 0.1) is 0 Å². The molecule has 0 bridgehead atoms. The van der Waals surface area contributed by atoms with Crippen molar-refractivity contribution in [1.29, 1.82) is 0 Å². The molecule has 2 heterocycles. The number of pyridine rings is 1. The van der Waals surface area contributed by atoms with Gasteiger partial charge in [-0.3, -0.25) is 0 Å². The third kappa shape index (κ3) is 2.86. The highest BCUT2D eigenvalue weighted by atomic mass is 32.2. The van der Waals surface area contributed by atoms with Gasteiger partial charge in [0.05, 0.1) is 12.8 Å². The number of rotatable bonds is 4. The molecular weight excluding hydrogens is 256 g/mol. The van der Waals surface area contributed by atoms with Crippen molar-refractivity contribution in [2.24, 2.45) is 0 Å². The van der Waals surface area contributed by atoms with Gasteiger partial charge in [0.15, 0.2) is 4.34 Å². The highest BCUT2D eigenvalue weighted by Crippen LogP contribution is 2.30. The Kier molecular flexibility index (Phi) is 3.80. The van der Waals surface area contributed by atoms with Gasteiger partial charge < -0.3 is 10.5 Å². The normalized spacial score (nSPS) is 10.5. The van der Waals surface area contributed by atoms with Crippen molar-refractivity contribution in [3.8, 4) is 5.88 Å². The van der Waals surface area contributed by atoms with Crippen LogP contribution >= 0.6 is 23.3 Å². The Balaban J connectivity index is 2.18. The number of anilines is 1. The third-order valence-corrected chi connectivity index (χ3v) is 3.74. The molecule has 0 fully saturated rings. The highest BCUT2D eigenvalue weighted by molar-refractivity contribution is 8.00. The largest absolute Gasteiger partial charge is 0.480 e. The van der Waals surface area contributed by atoms with E-state index in [-0.39, 0.29) is 0 Å². The van der Waals surface area contributed by atoms with Crippen molar-refractivity contribution < 1.29 is 4.74 Å². The van der Waals surface area contributed by atoms with Gasteiger partial charge in [-0.05, 0) is 35.4 Å². The smallest absolute Gasteiger partial charge is 0.237 e. The van der Waals surface area contributed by atoms with Crippen LogP contribution in [0.15, 0.2) is 21.5 Å². The number of methoxy groups -OCH3 is 1. The summed E-state index contributed by atoms with van der Waals surface area (Å²) in [5.41, 5.74) is 6.23. The lowest BCUT2D eigenvalue weighted by Gasteiger charge is -2.04. The number of hydrogen-bond acceptors (Lipinski definition) is 7. The van der Waals surface area contributed by atoms with Gasteiger partial charge in [-0.1, -0.05) is 6.92 Å². The Bertz CT molecular complexity index is 515. The van der Waals surface area contributed by atoms with E-state index >= 15 is 0 Å². The van der Waals surface area contributed by atoms with Crippen LogP contribution in [-0.4, -0.2) is 21.5 Å². The van der Waals surface area contributed by atoms with Crippen molar-refractivity contribution in [1.82, 2.24) is 14.3 Å². The Morgan fingerprint density at radius 2 is 2.24 bits per heavy atom. The molecule has 0 aliphatic rings. The van der Waals surface area contributed by atoms with Crippen molar-refractivity contribution in [3.63, 3.8) is 0 Å². The number of nitrogens with zero attached hydrogens (tertiary/aromatic N) is 3. The van der Waals surface area contributed by atoms with Crippen LogP contribution in [0.3, 0.4) is 0 Å². The van der Waals surface area contributed by atoms with E-state index in [0.29, 0.717) is 11.6 Å². The quantitative estimate of drug-likeness (QED) is 0.916. The van der Waals surface area contributed by atoms with Crippen LogP contribution in [0.1, 0.15) is 12.7 Å². The lowest BCUT2D eigenvalue weighted by Crippen LogP contribution is -1.95. The molecule has 0 atom stereocenters. The molecule has 0 unspecified atom stereocenters. The van der Waals surface area contributed by atoms with Crippen molar-refractivity contribution >= 4 is 29.0 Å². The Morgan fingerprint density at radius 3 is 2.88 bits per heavy atom. The summed E-state index contributed by atoms with van der Waals surface area (Å²) in [5, 5.41) is 0.801. The molecule has 17 heavy (non-hydrogen) atoms. The average Bonchev–Trinajstić information content (AvgIpc) is 2.79. The summed E-state index contributed by atoms with van der Waals surface area (Å²) < 4.78 is 10.2. The minimum absolute atomic E-state index is 0.440. The molecule has 2 aromatic heterocycles. The lowest BCUT2D eigenvalue weighted by molar-refractivity contribution is 0.397. The maximum Gasteiger partial charge on any atom is 0.237 e.